The van der Waals surface area contributed by atoms with Crippen molar-refractivity contribution in [3.8, 4) is 12.0 Å². The fourth-order valence-electron chi connectivity index (χ4n) is 14.8. The Labute approximate surface area is 614 Å². The number of likely N-dealkylation sites (tertiary alicyclic amines) is 3. The van der Waals surface area contributed by atoms with Gasteiger partial charge in [-0.15, -0.1) is 0 Å². The molecular formula is C75H100Cl2F7N11O6Si2. The van der Waals surface area contributed by atoms with Crippen LogP contribution in [-0.4, -0.2) is 161 Å². The van der Waals surface area contributed by atoms with Crippen molar-refractivity contribution in [3.05, 3.63) is 150 Å². The Hall–Kier alpha value is -6.37. The molecular weight excluding hydrogens is 1410 g/mol. The average Bonchev–Trinajstić information content (AvgIpc) is 1.35. The van der Waals surface area contributed by atoms with Crippen LogP contribution in [0.2, 0.25) is 46.3 Å². The number of amides is 1. The number of halogens is 9. The Kier molecular flexibility index (Phi) is 26.0. The summed E-state index contributed by atoms with van der Waals surface area (Å²) in [6, 6.07) is 18.2. The number of aromatic nitrogens is 4. The summed E-state index contributed by atoms with van der Waals surface area (Å²) in [5.74, 6) is 0.343. The molecule has 7 heterocycles. The Morgan fingerprint density at radius 2 is 1.06 bits per heavy atom. The maximum absolute atomic E-state index is 14.3. The van der Waals surface area contributed by atoms with Crippen molar-refractivity contribution in [1.29, 1.82) is 0 Å². The van der Waals surface area contributed by atoms with Gasteiger partial charge in [0.2, 0.25) is 13.1 Å². The van der Waals surface area contributed by atoms with Crippen molar-refractivity contribution in [2.75, 3.05) is 82.9 Å². The summed E-state index contributed by atoms with van der Waals surface area (Å²) in [7, 11) is 0.238. The topological polar surface area (TPSA) is 140 Å². The van der Waals surface area contributed by atoms with Crippen molar-refractivity contribution in [2.45, 2.75) is 216 Å². The molecule has 2 unspecified atom stereocenters. The van der Waals surface area contributed by atoms with Gasteiger partial charge in [0.25, 0.3) is 0 Å². The number of rotatable bonds is 18. The van der Waals surface area contributed by atoms with E-state index in [1.165, 1.54) is 30.3 Å². The third-order valence-electron chi connectivity index (χ3n) is 22.4. The number of ether oxygens (including phenoxy) is 3. The number of hydrogen-bond acceptors (Lipinski definition) is 14. The van der Waals surface area contributed by atoms with Crippen molar-refractivity contribution in [2.24, 2.45) is 5.92 Å². The lowest BCUT2D eigenvalue weighted by Crippen LogP contribution is -2.47. The Morgan fingerprint density at radius 1 is 0.592 bits per heavy atom. The van der Waals surface area contributed by atoms with E-state index >= 15 is 0 Å². The Bertz CT molecular complexity index is 3840. The zero-order chi connectivity index (χ0) is 73.9. The molecule has 0 spiro atoms. The highest BCUT2D eigenvalue weighted by molar-refractivity contribution is 6.74. The van der Waals surface area contributed by atoms with Gasteiger partial charge < -0.3 is 42.6 Å². The highest BCUT2D eigenvalue weighted by atomic mass is 35.5. The molecule has 3 saturated heterocycles. The highest BCUT2D eigenvalue weighted by Crippen LogP contribution is 2.48. The van der Waals surface area contributed by atoms with Crippen molar-refractivity contribution < 1.29 is 58.9 Å². The number of likely N-dealkylation sites (N-methyl/N-ethyl adjacent to an activating group) is 2. The smallest absolute Gasteiger partial charge is 0.419 e. The fraction of sp³-hybridized carbons (Fsp3) is 0.613. The van der Waals surface area contributed by atoms with E-state index in [0.29, 0.717) is 82.4 Å². The molecule has 2 aromatic heterocycles. The molecule has 17 nitrogen and oxygen atoms in total. The summed E-state index contributed by atoms with van der Waals surface area (Å²) in [5, 5.41) is -0.461. The number of nitrogens with zero attached hydrogens (tertiary/aromatic N) is 11. The number of carbonyl (C=O) groups excluding carboxylic acids is 1. The van der Waals surface area contributed by atoms with Crippen LogP contribution in [0.5, 0.6) is 12.0 Å². The zero-order valence-electron chi connectivity index (χ0n) is 61.3. The predicted octanol–water partition coefficient (Wildman–Crippen LogP) is 17.5. The van der Waals surface area contributed by atoms with Crippen LogP contribution in [0, 0.1) is 19.1 Å². The number of alkyl halides is 6. The molecule has 0 bridgehead atoms. The molecule has 1 aliphatic carbocycles. The number of benzene rings is 3. The van der Waals surface area contributed by atoms with Crippen LogP contribution >= 0.6 is 23.2 Å². The summed E-state index contributed by atoms with van der Waals surface area (Å²) < 4.78 is 117. The Morgan fingerprint density at radius 3 is 1.50 bits per heavy atom. The third kappa shape index (κ3) is 19.4. The maximum atomic E-state index is 14.3. The first-order valence-corrected chi connectivity index (χ1v) is 42.3. The molecule has 6 aliphatic rings. The Balaban J connectivity index is 0.000000241. The number of hydrogen-bond donors (Lipinski definition) is 0. The van der Waals surface area contributed by atoms with Gasteiger partial charge >= 0.3 is 30.5 Å². The lowest BCUT2D eigenvalue weighted by molar-refractivity contribution is -0.137. The van der Waals surface area contributed by atoms with Gasteiger partial charge in [-0.05, 0) is 149 Å². The van der Waals surface area contributed by atoms with Gasteiger partial charge in [-0.25, -0.2) is 17.9 Å². The van der Waals surface area contributed by atoms with Gasteiger partial charge in [-0.1, -0.05) is 114 Å². The number of piperidine rings is 1. The van der Waals surface area contributed by atoms with Crippen molar-refractivity contribution >= 4 is 57.3 Å². The second-order valence-electron chi connectivity index (χ2n) is 31.5. The average molecular weight is 1510 g/mol. The zero-order valence-corrected chi connectivity index (χ0v) is 64.8. The quantitative estimate of drug-likeness (QED) is 0.0467. The predicted molar refractivity (Wildman–Crippen MR) is 393 cm³/mol. The minimum absolute atomic E-state index is 0. The van der Waals surface area contributed by atoms with E-state index in [1.54, 1.807) is 20.8 Å². The minimum Gasteiger partial charge on any atom is -0.462 e. The number of fused-ring (bicyclic) bond motifs is 2. The van der Waals surface area contributed by atoms with Crippen LogP contribution in [0.15, 0.2) is 66.7 Å². The monoisotopic (exact) mass is 1510 g/mol. The van der Waals surface area contributed by atoms with Crippen LogP contribution < -0.4 is 19.3 Å². The van der Waals surface area contributed by atoms with Gasteiger partial charge in [0.15, 0.2) is 16.6 Å². The summed E-state index contributed by atoms with van der Waals surface area (Å²) in [4.78, 5) is 49.8. The first-order valence-electron chi connectivity index (χ1n) is 35.7. The molecule has 28 heteroatoms. The molecule has 11 rings (SSSR count). The van der Waals surface area contributed by atoms with E-state index in [4.69, 9.17) is 79.3 Å². The number of carbonyl (C=O) groups is 1. The van der Waals surface area contributed by atoms with E-state index in [1.807, 2.05) is 30.3 Å². The van der Waals surface area contributed by atoms with Crippen LogP contribution in [0.25, 0.3) is 9.69 Å². The standard InChI is InChI=1S/C41H52ClF3N6O4Si.C34H47ClF3N5O2Si.FH/c1-40(2,3)56(6,7)55-31-21-30(49(5)23-31)26-53-38-47-34-24-50(35-15-11-14-33(42)36(35)41(43,44)45)18-17-32(34)37(48-38)28-16-19-51(29(20-28)22-46-4)39(52)54-25-27-12-9-8-10-13-27;1-33(2,3)46(6,7)45-25-17-24(42(5)19-25)21-44-32-40-28-20-43(29-13-9-12-27(35)30(29)34(36,37)38)15-14-26(28)31(41-32)23-11-8-10-22(16-23)18-39-4;/h8-15,28-31H,16-26H2,1-3,5-7H3;9,12-13,22-25H,8,10-11,14-21H2,1-3,5-7H3;1H/t28?,29-,30+,31-;22-,23?,24+,25-;/m11./s1. The van der Waals surface area contributed by atoms with E-state index in [-0.39, 0.29) is 111 Å². The molecule has 8 atom stereocenters. The normalized spacial score (nSPS) is 23.0. The van der Waals surface area contributed by atoms with E-state index in [9.17, 15) is 31.1 Å². The first kappa shape index (κ1) is 80.7. The second kappa shape index (κ2) is 33.2. The lowest BCUT2D eigenvalue weighted by atomic mass is 9.78. The largest absolute Gasteiger partial charge is 0.462 e. The van der Waals surface area contributed by atoms with Gasteiger partial charge in [0.05, 0.1) is 80.6 Å². The van der Waals surface area contributed by atoms with Gasteiger partial charge in [-0.2, -0.15) is 46.3 Å². The second-order valence-corrected chi connectivity index (χ2v) is 41.9. The van der Waals surface area contributed by atoms with Gasteiger partial charge in [0.1, 0.15) is 25.9 Å². The first-order chi connectivity index (χ1) is 48.0. The van der Waals surface area contributed by atoms with E-state index in [2.05, 4.69) is 101 Å². The SMILES string of the molecule is F.[C-]#[N+]C[C@@H]1CCCC(c2nc(OC[C@@H]3C[C@@H](O[Si](C)(C)C(C)(C)C)CN3C)nc3c2CCN(c2cccc(Cl)c2C(F)(F)F)C3)C1.[C-]#[N+]C[C@H]1CC(c2nc(OC[C@@H]3C[C@@H](O[Si](C)(C)C(C)(C)C)CN3C)nc3c2CCN(c2cccc(Cl)c2C(F)(F)F)C3)CCN1C(=O)OCc1ccccc1. The fourth-order valence-corrected chi connectivity index (χ4v) is 18.1. The number of anilines is 2. The molecule has 3 aromatic carbocycles. The molecule has 5 aromatic rings. The third-order valence-corrected chi connectivity index (χ3v) is 32.1. The molecule has 1 amide bonds. The molecule has 562 valence electrons. The van der Waals surface area contributed by atoms with Crippen molar-refractivity contribution in [3.63, 3.8) is 0 Å². The van der Waals surface area contributed by atoms with Crippen LogP contribution in [0.4, 0.5) is 47.2 Å². The lowest BCUT2D eigenvalue weighted by Gasteiger charge is -2.38. The van der Waals surface area contributed by atoms with Crippen LogP contribution in [0.1, 0.15) is 155 Å². The van der Waals surface area contributed by atoms with Gasteiger partial charge in [0, 0.05) is 62.6 Å². The van der Waals surface area contributed by atoms with Crippen LogP contribution in [-0.2, 0) is 58.5 Å². The molecule has 1 saturated carbocycles. The van der Waals surface area contributed by atoms with E-state index < -0.39 is 52.2 Å². The van der Waals surface area contributed by atoms with Crippen molar-refractivity contribution in [1.82, 2.24) is 34.6 Å². The molecule has 0 radical (unpaired) electrons. The summed E-state index contributed by atoms with van der Waals surface area (Å²) in [6.45, 7) is 42.0. The van der Waals surface area contributed by atoms with Crippen LogP contribution in [0.3, 0.4) is 0 Å². The highest BCUT2D eigenvalue weighted by Gasteiger charge is 2.46. The summed E-state index contributed by atoms with van der Waals surface area (Å²) in [6.07, 6.45) is -1.99. The minimum atomic E-state index is -4.65. The van der Waals surface area contributed by atoms with Gasteiger partial charge in [-0.3, -0.25) is 19.4 Å². The summed E-state index contributed by atoms with van der Waals surface area (Å²) >= 11 is 12.2. The molecule has 0 N–H and O–H groups in total. The maximum Gasteiger partial charge on any atom is 0.419 e. The molecule has 4 fully saturated rings. The summed E-state index contributed by atoms with van der Waals surface area (Å²) in [5.41, 5.74) is 4.11. The molecule has 103 heavy (non-hydrogen) atoms. The molecule has 5 aliphatic heterocycles. The van der Waals surface area contributed by atoms with E-state index in [0.717, 1.165) is 79.7 Å².